The molecule has 6 nitrogen and oxygen atoms in total. The van der Waals surface area contributed by atoms with E-state index in [2.05, 4.69) is 25.5 Å². The van der Waals surface area contributed by atoms with Gasteiger partial charge in [-0.1, -0.05) is 0 Å². The quantitative estimate of drug-likeness (QED) is 0.778. The maximum absolute atomic E-state index is 5.66. The highest BCUT2D eigenvalue weighted by molar-refractivity contribution is 5.78. The van der Waals surface area contributed by atoms with Crippen LogP contribution in [-0.4, -0.2) is 26.2 Å². The normalized spacial score (nSPS) is 14.8. The molecule has 1 aromatic carbocycles. The second-order valence-electron chi connectivity index (χ2n) is 4.92. The molecule has 2 heterocycles. The van der Waals surface area contributed by atoms with E-state index in [0.29, 0.717) is 24.4 Å². The zero-order valence-electron chi connectivity index (χ0n) is 10.8. The minimum atomic E-state index is 0.519. The second kappa shape index (κ2) is 4.64. The molecule has 3 aromatic rings. The molecule has 4 rings (SSSR count). The molecule has 0 amide bonds. The molecule has 1 N–H and O–H groups in total. The van der Waals surface area contributed by atoms with Crippen LogP contribution in [0, 0.1) is 0 Å². The van der Waals surface area contributed by atoms with Crippen molar-refractivity contribution in [1.29, 1.82) is 0 Å². The van der Waals surface area contributed by atoms with Crippen LogP contribution in [-0.2, 0) is 6.54 Å². The van der Waals surface area contributed by atoms with E-state index in [1.807, 2.05) is 18.2 Å². The zero-order valence-corrected chi connectivity index (χ0v) is 10.8. The summed E-state index contributed by atoms with van der Waals surface area (Å²) in [4.78, 5) is 8.52. The van der Waals surface area contributed by atoms with Crippen LogP contribution in [0.4, 0.5) is 0 Å². The van der Waals surface area contributed by atoms with Gasteiger partial charge >= 0.3 is 0 Å². The van der Waals surface area contributed by atoms with Gasteiger partial charge in [-0.15, -0.1) is 10.2 Å². The van der Waals surface area contributed by atoms with Crippen LogP contribution in [0.5, 0.6) is 0 Å². The number of nitrogens with one attached hydrogen (secondary N) is 1. The van der Waals surface area contributed by atoms with Gasteiger partial charge in [0.25, 0.3) is 0 Å². The molecule has 2 aromatic heterocycles. The fourth-order valence-corrected chi connectivity index (χ4v) is 2.06. The topological polar surface area (TPSA) is 76.7 Å². The molecule has 1 aliphatic carbocycles. The second-order valence-corrected chi connectivity index (χ2v) is 4.92. The summed E-state index contributed by atoms with van der Waals surface area (Å²) in [6.07, 6.45) is 5.83. The Kier molecular flexibility index (Phi) is 2.67. The maximum Gasteiger partial charge on any atom is 0.247 e. The van der Waals surface area contributed by atoms with Gasteiger partial charge in [0.1, 0.15) is 0 Å². The molecule has 1 fully saturated rings. The first-order chi connectivity index (χ1) is 9.88. The SMILES string of the molecule is c1cnc2cc(-c3nnc(CNC4CC4)o3)ccc2n1. The van der Waals surface area contributed by atoms with Crippen LogP contribution < -0.4 is 5.32 Å². The van der Waals surface area contributed by atoms with Crippen LogP contribution in [0.25, 0.3) is 22.5 Å². The first-order valence-corrected chi connectivity index (χ1v) is 6.65. The number of benzene rings is 1. The summed E-state index contributed by atoms with van der Waals surface area (Å²) in [5.74, 6) is 1.14. The number of rotatable bonds is 4. The summed E-state index contributed by atoms with van der Waals surface area (Å²) in [6, 6.07) is 6.36. The Morgan fingerprint density at radius 3 is 2.80 bits per heavy atom. The van der Waals surface area contributed by atoms with Gasteiger partial charge in [0.15, 0.2) is 0 Å². The van der Waals surface area contributed by atoms with Gasteiger partial charge in [-0.2, -0.15) is 0 Å². The van der Waals surface area contributed by atoms with Crippen LogP contribution >= 0.6 is 0 Å². The number of nitrogens with zero attached hydrogens (tertiary/aromatic N) is 4. The first kappa shape index (κ1) is 11.5. The highest BCUT2D eigenvalue weighted by Crippen LogP contribution is 2.22. The average Bonchev–Trinajstić information content (AvgIpc) is 3.21. The van der Waals surface area contributed by atoms with E-state index in [4.69, 9.17) is 4.42 Å². The summed E-state index contributed by atoms with van der Waals surface area (Å²) in [5.41, 5.74) is 2.54. The number of hydrogen-bond donors (Lipinski definition) is 1. The third kappa shape index (κ3) is 2.25. The molecule has 100 valence electrons. The molecule has 20 heavy (non-hydrogen) atoms. The van der Waals surface area contributed by atoms with Crippen molar-refractivity contribution in [3.8, 4) is 11.5 Å². The molecule has 1 aliphatic rings. The Morgan fingerprint density at radius 1 is 1.10 bits per heavy atom. The number of hydrogen-bond acceptors (Lipinski definition) is 6. The molecule has 0 radical (unpaired) electrons. The van der Waals surface area contributed by atoms with Crippen LogP contribution in [0.2, 0.25) is 0 Å². The van der Waals surface area contributed by atoms with Crippen LogP contribution in [0.3, 0.4) is 0 Å². The fourth-order valence-electron chi connectivity index (χ4n) is 2.06. The monoisotopic (exact) mass is 267 g/mol. The Labute approximate surface area is 115 Å². The average molecular weight is 267 g/mol. The van der Waals surface area contributed by atoms with E-state index < -0.39 is 0 Å². The van der Waals surface area contributed by atoms with Crippen LogP contribution in [0.15, 0.2) is 35.0 Å². The highest BCUT2D eigenvalue weighted by Gasteiger charge is 2.21. The van der Waals surface area contributed by atoms with Crippen molar-refractivity contribution in [2.24, 2.45) is 0 Å². The first-order valence-electron chi connectivity index (χ1n) is 6.65. The summed E-state index contributed by atoms with van der Waals surface area (Å²) < 4.78 is 5.66. The Bertz CT molecular complexity index is 750. The van der Waals surface area contributed by atoms with E-state index >= 15 is 0 Å². The Morgan fingerprint density at radius 2 is 1.95 bits per heavy atom. The molecule has 0 bridgehead atoms. The maximum atomic E-state index is 5.66. The molecule has 1 saturated carbocycles. The van der Waals surface area contributed by atoms with Crippen molar-refractivity contribution in [2.45, 2.75) is 25.4 Å². The smallest absolute Gasteiger partial charge is 0.247 e. The predicted molar refractivity (Wildman–Crippen MR) is 72.7 cm³/mol. The standard InChI is InChI=1S/C14H13N5O/c1-4-11-12(16-6-5-15-11)7-9(1)14-19-18-13(20-14)8-17-10-2-3-10/h1,4-7,10,17H,2-3,8H2. The summed E-state index contributed by atoms with van der Waals surface area (Å²) in [5, 5.41) is 11.5. The number of fused-ring (bicyclic) bond motifs is 1. The van der Waals surface area contributed by atoms with Crippen molar-refractivity contribution >= 4 is 11.0 Å². The molecule has 0 atom stereocenters. The Hall–Kier alpha value is -2.34. The van der Waals surface area contributed by atoms with Crippen molar-refractivity contribution in [1.82, 2.24) is 25.5 Å². The fraction of sp³-hybridized carbons (Fsp3) is 0.286. The van der Waals surface area contributed by atoms with E-state index in [9.17, 15) is 0 Å². The van der Waals surface area contributed by atoms with Crippen LogP contribution in [0.1, 0.15) is 18.7 Å². The molecule has 0 aliphatic heterocycles. The van der Waals surface area contributed by atoms with Gasteiger partial charge in [0, 0.05) is 24.0 Å². The van der Waals surface area contributed by atoms with Crippen molar-refractivity contribution in [2.75, 3.05) is 0 Å². The van der Waals surface area contributed by atoms with Crippen molar-refractivity contribution in [3.05, 3.63) is 36.5 Å². The molecular weight excluding hydrogens is 254 g/mol. The van der Waals surface area contributed by atoms with Gasteiger partial charge < -0.3 is 9.73 Å². The molecule has 6 heteroatoms. The lowest BCUT2D eigenvalue weighted by molar-refractivity contribution is 0.476. The largest absolute Gasteiger partial charge is 0.419 e. The molecule has 0 unspecified atom stereocenters. The zero-order chi connectivity index (χ0) is 13.4. The lowest BCUT2D eigenvalue weighted by atomic mass is 10.2. The lowest BCUT2D eigenvalue weighted by Gasteiger charge is -1.98. The van der Waals surface area contributed by atoms with Crippen molar-refractivity contribution < 1.29 is 4.42 Å². The summed E-state index contributed by atoms with van der Waals surface area (Å²) in [6.45, 7) is 0.630. The van der Waals surface area contributed by atoms with Gasteiger partial charge in [0.05, 0.1) is 17.6 Å². The lowest BCUT2D eigenvalue weighted by Crippen LogP contribution is -2.15. The third-order valence-electron chi connectivity index (χ3n) is 3.30. The van der Waals surface area contributed by atoms with Gasteiger partial charge in [0.2, 0.25) is 11.8 Å². The van der Waals surface area contributed by atoms with Gasteiger partial charge in [-0.3, -0.25) is 9.97 Å². The minimum Gasteiger partial charge on any atom is -0.419 e. The summed E-state index contributed by atoms with van der Waals surface area (Å²) in [7, 11) is 0. The molecule has 0 saturated heterocycles. The highest BCUT2D eigenvalue weighted by atomic mass is 16.4. The van der Waals surface area contributed by atoms with E-state index in [0.717, 1.165) is 16.6 Å². The van der Waals surface area contributed by atoms with Gasteiger partial charge in [-0.25, -0.2) is 0 Å². The Balaban J connectivity index is 1.60. The molecule has 0 spiro atoms. The third-order valence-corrected chi connectivity index (χ3v) is 3.30. The van der Waals surface area contributed by atoms with Crippen molar-refractivity contribution in [3.63, 3.8) is 0 Å². The van der Waals surface area contributed by atoms with E-state index in [1.54, 1.807) is 12.4 Å². The number of aromatic nitrogens is 4. The minimum absolute atomic E-state index is 0.519. The van der Waals surface area contributed by atoms with Gasteiger partial charge in [-0.05, 0) is 31.0 Å². The molecular formula is C14H13N5O. The van der Waals surface area contributed by atoms with E-state index in [1.165, 1.54) is 12.8 Å². The predicted octanol–water partition coefficient (Wildman–Crippen LogP) is 1.93. The van der Waals surface area contributed by atoms with E-state index in [-0.39, 0.29) is 0 Å². The summed E-state index contributed by atoms with van der Waals surface area (Å²) >= 11 is 0.